The maximum atomic E-state index is 12.3. The number of rotatable bonds is 14. The maximum absolute atomic E-state index is 12.3. The quantitative estimate of drug-likeness (QED) is 0.255. The molecule has 2 atom stereocenters. The fraction of sp³-hybridized carbons (Fsp3) is 0.917. The molecule has 4 heteroatoms. The van der Waals surface area contributed by atoms with E-state index in [1.54, 1.807) is 0 Å². The highest BCUT2D eigenvalue weighted by Crippen LogP contribution is 2.31. The van der Waals surface area contributed by atoms with Crippen LogP contribution in [0.2, 0.25) is 0 Å². The molecule has 164 valence electrons. The third-order valence-corrected chi connectivity index (χ3v) is 5.70. The number of hydrogen-bond acceptors (Lipinski definition) is 4. The van der Waals surface area contributed by atoms with E-state index in [2.05, 4.69) is 27.7 Å². The number of ether oxygens (including phenoxy) is 2. The van der Waals surface area contributed by atoms with E-state index in [-0.39, 0.29) is 23.8 Å². The summed E-state index contributed by atoms with van der Waals surface area (Å²) >= 11 is 0. The zero-order chi connectivity index (χ0) is 20.8. The molecule has 1 aliphatic rings. The molecule has 1 aliphatic carbocycles. The molecule has 1 saturated carbocycles. The average molecular weight is 397 g/mol. The smallest absolute Gasteiger partial charge is 0.308 e. The predicted molar refractivity (Wildman–Crippen MR) is 114 cm³/mol. The normalized spacial score (nSPS) is 19.8. The lowest BCUT2D eigenvalue weighted by atomic mass is 9.81. The van der Waals surface area contributed by atoms with Gasteiger partial charge in [0.1, 0.15) is 0 Å². The van der Waals surface area contributed by atoms with Crippen LogP contribution >= 0.6 is 0 Å². The molecule has 2 unspecified atom stereocenters. The van der Waals surface area contributed by atoms with Gasteiger partial charge in [0.2, 0.25) is 0 Å². The molecule has 0 aliphatic heterocycles. The SMILES string of the molecule is CC(C)CCCCCCCCOC(=O)C1CCCC(C(=O)OCCC(C)C)C1. The Bertz CT molecular complexity index is 430. The van der Waals surface area contributed by atoms with Gasteiger partial charge in [-0.3, -0.25) is 9.59 Å². The van der Waals surface area contributed by atoms with E-state index in [9.17, 15) is 9.59 Å². The van der Waals surface area contributed by atoms with Crippen LogP contribution in [0.5, 0.6) is 0 Å². The van der Waals surface area contributed by atoms with E-state index in [1.807, 2.05) is 0 Å². The first-order valence-electron chi connectivity index (χ1n) is 11.7. The van der Waals surface area contributed by atoms with Gasteiger partial charge in [-0.25, -0.2) is 0 Å². The average Bonchev–Trinajstić information content (AvgIpc) is 2.66. The first kappa shape index (κ1) is 25.0. The van der Waals surface area contributed by atoms with Crippen molar-refractivity contribution in [3.8, 4) is 0 Å². The second kappa shape index (κ2) is 14.9. The Kier molecular flexibility index (Phi) is 13.3. The van der Waals surface area contributed by atoms with Crippen molar-refractivity contribution in [2.45, 2.75) is 105 Å². The summed E-state index contributed by atoms with van der Waals surface area (Å²) in [5, 5.41) is 0. The molecule has 0 saturated heterocycles. The Morgan fingerprint density at radius 1 is 0.714 bits per heavy atom. The molecule has 0 bridgehead atoms. The van der Waals surface area contributed by atoms with Crippen LogP contribution in [0.15, 0.2) is 0 Å². The van der Waals surface area contributed by atoms with Crippen LogP contribution < -0.4 is 0 Å². The van der Waals surface area contributed by atoms with Gasteiger partial charge in [-0.05, 0) is 43.9 Å². The third-order valence-electron chi connectivity index (χ3n) is 5.70. The molecule has 0 N–H and O–H groups in total. The molecule has 0 aromatic heterocycles. The Morgan fingerprint density at radius 2 is 1.21 bits per heavy atom. The number of hydrogen-bond donors (Lipinski definition) is 0. The van der Waals surface area contributed by atoms with Crippen LogP contribution in [-0.2, 0) is 19.1 Å². The summed E-state index contributed by atoms with van der Waals surface area (Å²) in [6, 6.07) is 0. The molecule has 1 rings (SSSR count). The Balaban J connectivity index is 2.11. The van der Waals surface area contributed by atoms with Gasteiger partial charge in [-0.2, -0.15) is 0 Å². The van der Waals surface area contributed by atoms with E-state index < -0.39 is 0 Å². The van der Waals surface area contributed by atoms with Gasteiger partial charge in [0.15, 0.2) is 0 Å². The molecule has 0 aromatic rings. The van der Waals surface area contributed by atoms with Crippen LogP contribution in [0.1, 0.15) is 105 Å². The topological polar surface area (TPSA) is 52.6 Å². The number of carbonyl (C=O) groups is 2. The Labute approximate surface area is 173 Å². The van der Waals surface area contributed by atoms with E-state index >= 15 is 0 Å². The van der Waals surface area contributed by atoms with Crippen LogP contribution in [0.3, 0.4) is 0 Å². The highest BCUT2D eigenvalue weighted by atomic mass is 16.5. The van der Waals surface area contributed by atoms with Gasteiger partial charge in [-0.15, -0.1) is 0 Å². The van der Waals surface area contributed by atoms with Gasteiger partial charge in [-0.1, -0.05) is 72.6 Å². The summed E-state index contributed by atoms with van der Waals surface area (Å²) in [7, 11) is 0. The molecule has 1 fully saturated rings. The van der Waals surface area contributed by atoms with Crippen molar-refractivity contribution in [2.75, 3.05) is 13.2 Å². The lowest BCUT2D eigenvalue weighted by Gasteiger charge is -2.26. The van der Waals surface area contributed by atoms with E-state index in [1.165, 1.54) is 32.1 Å². The van der Waals surface area contributed by atoms with Crippen molar-refractivity contribution in [1.29, 1.82) is 0 Å². The van der Waals surface area contributed by atoms with Crippen molar-refractivity contribution in [1.82, 2.24) is 0 Å². The van der Waals surface area contributed by atoms with Gasteiger partial charge < -0.3 is 9.47 Å². The molecular formula is C24H44O4. The molecule has 0 spiro atoms. The van der Waals surface area contributed by atoms with E-state index in [0.717, 1.165) is 44.4 Å². The minimum atomic E-state index is -0.135. The maximum Gasteiger partial charge on any atom is 0.308 e. The lowest BCUT2D eigenvalue weighted by molar-refractivity contribution is -0.155. The van der Waals surface area contributed by atoms with E-state index in [4.69, 9.17) is 9.47 Å². The Hall–Kier alpha value is -1.06. The molecule has 28 heavy (non-hydrogen) atoms. The minimum absolute atomic E-state index is 0.114. The number of esters is 2. The van der Waals surface area contributed by atoms with Crippen molar-refractivity contribution in [2.24, 2.45) is 23.7 Å². The molecule has 0 aromatic carbocycles. The van der Waals surface area contributed by atoms with Crippen molar-refractivity contribution in [3.05, 3.63) is 0 Å². The van der Waals surface area contributed by atoms with Crippen LogP contribution in [0.25, 0.3) is 0 Å². The first-order valence-corrected chi connectivity index (χ1v) is 11.7. The van der Waals surface area contributed by atoms with Crippen LogP contribution in [0, 0.1) is 23.7 Å². The summed E-state index contributed by atoms with van der Waals surface area (Å²) in [6.07, 6.45) is 12.6. The van der Waals surface area contributed by atoms with Crippen molar-refractivity contribution in [3.63, 3.8) is 0 Å². The minimum Gasteiger partial charge on any atom is -0.465 e. The van der Waals surface area contributed by atoms with Crippen LogP contribution in [-0.4, -0.2) is 25.2 Å². The zero-order valence-corrected chi connectivity index (χ0v) is 18.8. The summed E-state index contributed by atoms with van der Waals surface area (Å²) in [5.74, 6) is 0.826. The number of carbonyl (C=O) groups excluding carboxylic acids is 2. The summed E-state index contributed by atoms with van der Waals surface area (Å²) < 4.78 is 10.9. The molecular weight excluding hydrogens is 352 g/mol. The van der Waals surface area contributed by atoms with Gasteiger partial charge in [0.25, 0.3) is 0 Å². The fourth-order valence-electron chi connectivity index (χ4n) is 3.78. The highest BCUT2D eigenvalue weighted by Gasteiger charge is 2.32. The molecule has 0 amide bonds. The van der Waals surface area contributed by atoms with Gasteiger partial charge in [0, 0.05) is 0 Å². The lowest BCUT2D eigenvalue weighted by Crippen LogP contribution is -2.30. The first-order chi connectivity index (χ1) is 13.4. The fourth-order valence-corrected chi connectivity index (χ4v) is 3.78. The van der Waals surface area contributed by atoms with Gasteiger partial charge >= 0.3 is 11.9 Å². The Morgan fingerprint density at radius 3 is 1.79 bits per heavy atom. The monoisotopic (exact) mass is 396 g/mol. The highest BCUT2D eigenvalue weighted by molar-refractivity contribution is 5.76. The zero-order valence-electron chi connectivity index (χ0n) is 18.8. The van der Waals surface area contributed by atoms with Crippen LogP contribution in [0.4, 0.5) is 0 Å². The second-order valence-corrected chi connectivity index (χ2v) is 9.38. The van der Waals surface area contributed by atoms with Crippen molar-refractivity contribution < 1.29 is 19.1 Å². The van der Waals surface area contributed by atoms with Gasteiger partial charge in [0.05, 0.1) is 25.0 Å². The molecule has 0 heterocycles. The third kappa shape index (κ3) is 11.7. The summed E-state index contributed by atoms with van der Waals surface area (Å²) in [4.78, 5) is 24.6. The standard InChI is InChI=1S/C24H44O4/c1-19(2)12-9-7-5-6-8-10-16-27-23(25)21-13-11-14-22(18-21)24(26)28-17-15-20(3)4/h19-22H,5-18H2,1-4H3. The van der Waals surface area contributed by atoms with Crippen molar-refractivity contribution >= 4 is 11.9 Å². The summed E-state index contributed by atoms with van der Waals surface area (Å²) in [6.45, 7) is 9.79. The predicted octanol–water partition coefficient (Wildman–Crippen LogP) is 6.31. The van der Waals surface area contributed by atoms with E-state index in [0.29, 0.717) is 25.6 Å². The second-order valence-electron chi connectivity index (χ2n) is 9.38. The number of unbranched alkanes of at least 4 members (excludes halogenated alkanes) is 5. The molecule has 4 nitrogen and oxygen atoms in total. The summed E-state index contributed by atoms with van der Waals surface area (Å²) in [5.41, 5.74) is 0. The largest absolute Gasteiger partial charge is 0.465 e. The molecule has 0 radical (unpaired) electrons.